The zero-order valence-corrected chi connectivity index (χ0v) is 10.2. The molecule has 0 amide bonds. The van der Waals surface area contributed by atoms with Gasteiger partial charge in [0.1, 0.15) is 0 Å². The van der Waals surface area contributed by atoms with Gasteiger partial charge in [0.05, 0.1) is 11.6 Å². The van der Waals surface area contributed by atoms with E-state index < -0.39 is 0 Å². The predicted molar refractivity (Wildman–Crippen MR) is 68.2 cm³/mol. The second kappa shape index (κ2) is 5.58. The molecule has 1 aromatic carbocycles. The van der Waals surface area contributed by atoms with Crippen molar-refractivity contribution in [1.29, 1.82) is 0 Å². The van der Waals surface area contributed by atoms with E-state index in [9.17, 15) is 4.79 Å². The maximum Gasteiger partial charge on any atom is 0.161 e. The van der Waals surface area contributed by atoms with Gasteiger partial charge < -0.3 is 4.90 Å². The highest BCUT2D eigenvalue weighted by molar-refractivity contribution is 6.34. The molecule has 16 heavy (non-hydrogen) atoms. The average Bonchev–Trinajstić information content (AvgIpc) is 2.25. The first kappa shape index (κ1) is 12.6. The lowest BCUT2D eigenvalue weighted by molar-refractivity contribution is 0.101. The molecule has 0 fully saturated rings. The normalized spacial score (nSPS) is 9.62. The second-order valence-corrected chi connectivity index (χ2v) is 3.85. The van der Waals surface area contributed by atoms with E-state index >= 15 is 0 Å². The molecule has 0 spiro atoms. The van der Waals surface area contributed by atoms with Crippen LogP contribution in [0.15, 0.2) is 18.2 Å². The zero-order chi connectivity index (χ0) is 12.1. The minimum Gasteiger partial charge on any atom is -0.361 e. The van der Waals surface area contributed by atoms with Crippen LogP contribution in [0.3, 0.4) is 0 Å². The van der Waals surface area contributed by atoms with Crippen LogP contribution in [0, 0.1) is 12.3 Å². The second-order valence-electron chi connectivity index (χ2n) is 3.44. The summed E-state index contributed by atoms with van der Waals surface area (Å²) in [6, 6.07) is 5.38. The SMILES string of the molecule is C#CCN(CC)c1ccc(C(C)=O)c(Cl)c1. The molecule has 1 aromatic rings. The van der Waals surface area contributed by atoms with Crippen molar-refractivity contribution in [3.8, 4) is 12.3 Å². The highest BCUT2D eigenvalue weighted by atomic mass is 35.5. The van der Waals surface area contributed by atoms with Crippen LogP contribution in [0.1, 0.15) is 24.2 Å². The molecule has 0 saturated heterocycles. The Morgan fingerprint density at radius 2 is 2.25 bits per heavy atom. The Hall–Kier alpha value is -1.46. The van der Waals surface area contributed by atoms with Gasteiger partial charge in [0.2, 0.25) is 0 Å². The van der Waals surface area contributed by atoms with Crippen LogP contribution in [-0.2, 0) is 0 Å². The summed E-state index contributed by atoms with van der Waals surface area (Å²) >= 11 is 6.03. The van der Waals surface area contributed by atoms with Crippen molar-refractivity contribution in [3.05, 3.63) is 28.8 Å². The Morgan fingerprint density at radius 3 is 2.69 bits per heavy atom. The van der Waals surface area contributed by atoms with Crippen molar-refractivity contribution in [2.24, 2.45) is 0 Å². The Morgan fingerprint density at radius 1 is 1.56 bits per heavy atom. The van der Waals surface area contributed by atoms with Crippen LogP contribution < -0.4 is 4.90 Å². The Labute approximate surface area is 101 Å². The number of rotatable bonds is 4. The van der Waals surface area contributed by atoms with Crippen molar-refractivity contribution < 1.29 is 4.79 Å². The van der Waals surface area contributed by atoms with Gasteiger partial charge in [0.25, 0.3) is 0 Å². The summed E-state index contributed by atoms with van der Waals surface area (Å²) in [6.45, 7) is 4.86. The van der Waals surface area contributed by atoms with E-state index in [4.69, 9.17) is 18.0 Å². The number of carbonyl (C=O) groups excluding carboxylic acids is 1. The number of hydrogen-bond donors (Lipinski definition) is 0. The van der Waals surface area contributed by atoms with E-state index in [-0.39, 0.29) is 5.78 Å². The first-order valence-electron chi connectivity index (χ1n) is 5.09. The van der Waals surface area contributed by atoms with Crippen LogP contribution >= 0.6 is 11.6 Å². The number of halogens is 1. The van der Waals surface area contributed by atoms with Crippen molar-refractivity contribution in [2.75, 3.05) is 18.0 Å². The topological polar surface area (TPSA) is 20.3 Å². The molecule has 0 aliphatic rings. The Bertz CT molecular complexity index is 434. The molecule has 2 nitrogen and oxygen atoms in total. The van der Waals surface area contributed by atoms with Gasteiger partial charge >= 0.3 is 0 Å². The molecule has 0 bridgehead atoms. The average molecular weight is 236 g/mol. The third-order valence-electron chi connectivity index (χ3n) is 2.36. The molecule has 0 radical (unpaired) electrons. The first-order chi connectivity index (χ1) is 7.60. The largest absolute Gasteiger partial charge is 0.361 e. The highest BCUT2D eigenvalue weighted by Crippen LogP contribution is 2.23. The van der Waals surface area contributed by atoms with Crippen LogP contribution in [0.25, 0.3) is 0 Å². The zero-order valence-electron chi connectivity index (χ0n) is 9.46. The highest BCUT2D eigenvalue weighted by Gasteiger charge is 2.09. The molecule has 0 unspecified atom stereocenters. The van der Waals surface area contributed by atoms with E-state index in [1.54, 1.807) is 12.1 Å². The van der Waals surface area contributed by atoms with Gasteiger partial charge in [-0.15, -0.1) is 6.42 Å². The summed E-state index contributed by atoms with van der Waals surface area (Å²) < 4.78 is 0. The minimum absolute atomic E-state index is 0.0310. The molecule has 0 atom stereocenters. The first-order valence-corrected chi connectivity index (χ1v) is 5.46. The number of ketones is 1. The monoisotopic (exact) mass is 235 g/mol. The van der Waals surface area contributed by atoms with Crippen molar-refractivity contribution in [3.63, 3.8) is 0 Å². The molecule has 1 rings (SSSR count). The third-order valence-corrected chi connectivity index (χ3v) is 2.67. The summed E-state index contributed by atoms with van der Waals surface area (Å²) in [4.78, 5) is 13.2. The molecule has 3 heteroatoms. The van der Waals surface area contributed by atoms with E-state index in [0.717, 1.165) is 12.2 Å². The Balaban J connectivity index is 3.05. The lowest BCUT2D eigenvalue weighted by Crippen LogP contribution is -2.22. The maximum atomic E-state index is 11.2. The Kier molecular flexibility index (Phi) is 4.39. The number of carbonyl (C=O) groups is 1. The van der Waals surface area contributed by atoms with Crippen molar-refractivity contribution >= 4 is 23.1 Å². The number of terminal acetylenes is 1. The quantitative estimate of drug-likeness (QED) is 0.591. The fourth-order valence-electron chi connectivity index (χ4n) is 1.48. The number of benzene rings is 1. The number of hydrogen-bond acceptors (Lipinski definition) is 2. The van der Waals surface area contributed by atoms with Crippen LogP contribution in [-0.4, -0.2) is 18.9 Å². The predicted octanol–water partition coefficient (Wildman–Crippen LogP) is 3.00. The molecular weight excluding hydrogens is 222 g/mol. The molecule has 0 aliphatic carbocycles. The van der Waals surface area contributed by atoms with Crippen molar-refractivity contribution in [1.82, 2.24) is 0 Å². The minimum atomic E-state index is -0.0310. The van der Waals surface area contributed by atoms with Gasteiger partial charge in [0, 0.05) is 17.8 Å². The molecular formula is C13H14ClNO. The summed E-state index contributed by atoms with van der Waals surface area (Å²) in [5.41, 5.74) is 1.48. The molecule has 0 aliphatic heterocycles. The van der Waals surface area contributed by atoms with Crippen LogP contribution in [0.4, 0.5) is 5.69 Å². The van der Waals surface area contributed by atoms with Gasteiger partial charge in [-0.2, -0.15) is 0 Å². The summed E-state index contributed by atoms with van der Waals surface area (Å²) in [5, 5.41) is 0.473. The van der Waals surface area contributed by atoms with E-state index in [2.05, 4.69) is 5.92 Å². The summed E-state index contributed by atoms with van der Waals surface area (Å²) in [5.74, 6) is 2.56. The third kappa shape index (κ3) is 2.77. The molecule has 0 heterocycles. The van der Waals surface area contributed by atoms with Crippen LogP contribution in [0.2, 0.25) is 5.02 Å². The van der Waals surface area contributed by atoms with Gasteiger partial charge in [0.15, 0.2) is 5.78 Å². The van der Waals surface area contributed by atoms with Crippen molar-refractivity contribution in [2.45, 2.75) is 13.8 Å². The van der Waals surface area contributed by atoms with Gasteiger partial charge in [-0.1, -0.05) is 17.5 Å². The van der Waals surface area contributed by atoms with E-state index in [1.165, 1.54) is 6.92 Å². The lowest BCUT2D eigenvalue weighted by atomic mass is 10.1. The fourth-order valence-corrected chi connectivity index (χ4v) is 1.79. The van der Waals surface area contributed by atoms with Gasteiger partial charge in [-0.05, 0) is 32.0 Å². The lowest BCUT2D eigenvalue weighted by Gasteiger charge is -2.20. The molecule has 0 N–H and O–H groups in total. The number of nitrogens with zero attached hydrogens (tertiary/aromatic N) is 1. The standard InChI is InChI=1S/C13H14ClNO/c1-4-8-15(5-2)11-6-7-12(10(3)16)13(14)9-11/h1,6-7,9H,5,8H2,2-3H3. The summed E-state index contributed by atoms with van der Waals surface area (Å²) in [7, 11) is 0. The fraction of sp³-hybridized carbons (Fsp3) is 0.308. The smallest absolute Gasteiger partial charge is 0.161 e. The van der Waals surface area contributed by atoms with E-state index in [1.807, 2.05) is 17.9 Å². The maximum absolute atomic E-state index is 11.2. The molecule has 84 valence electrons. The van der Waals surface area contributed by atoms with Crippen LogP contribution in [0.5, 0.6) is 0 Å². The molecule has 0 aromatic heterocycles. The summed E-state index contributed by atoms with van der Waals surface area (Å²) in [6.07, 6.45) is 5.28. The number of anilines is 1. The number of Topliss-reactive ketones (excluding diaryl/α,β-unsaturated/α-hetero) is 1. The van der Waals surface area contributed by atoms with Gasteiger partial charge in [-0.3, -0.25) is 4.79 Å². The van der Waals surface area contributed by atoms with E-state index in [0.29, 0.717) is 17.1 Å². The molecule has 0 saturated carbocycles. The van der Waals surface area contributed by atoms with Gasteiger partial charge in [-0.25, -0.2) is 0 Å².